The van der Waals surface area contributed by atoms with E-state index >= 15 is 0 Å². The Labute approximate surface area is 120 Å². The highest BCUT2D eigenvalue weighted by Gasteiger charge is 2.42. The minimum atomic E-state index is -0.712. The van der Waals surface area contributed by atoms with E-state index in [9.17, 15) is 14.7 Å². The molecule has 0 saturated carbocycles. The monoisotopic (exact) mass is 282 g/mol. The molecule has 20 heavy (non-hydrogen) atoms. The number of rotatable bonds is 2. The molecule has 2 rings (SSSR count). The lowest BCUT2D eigenvalue weighted by atomic mass is 9.76. The number of nitrogens with zero attached hydrogens (tertiary/aromatic N) is 2. The molecule has 0 bridgehead atoms. The largest absolute Gasteiger partial charge is 0.481 e. The maximum absolute atomic E-state index is 12.5. The molecule has 0 aromatic heterocycles. The second kappa shape index (κ2) is 5.62. The average Bonchev–Trinajstić information content (AvgIpc) is 2.78. The van der Waals surface area contributed by atoms with Gasteiger partial charge in [0.1, 0.15) is 0 Å². The first kappa shape index (κ1) is 15.1. The Bertz CT molecular complexity index is 379. The van der Waals surface area contributed by atoms with Crippen molar-refractivity contribution >= 4 is 12.0 Å². The second-order valence-electron chi connectivity index (χ2n) is 6.57. The van der Waals surface area contributed by atoms with Crippen molar-refractivity contribution < 1.29 is 14.7 Å². The van der Waals surface area contributed by atoms with Crippen LogP contribution in [0.4, 0.5) is 4.79 Å². The van der Waals surface area contributed by atoms with Gasteiger partial charge in [0.15, 0.2) is 0 Å². The van der Waals surface area contributed by atoms with E-state index in [1.54, 1.807) is 0 Å². The van der Waals surface area contributed by atoms with Crippen LogP contribution in [0.15, 0.2) is 0 Å². The highest BCUT2D eigenvalue weighted by Crippen LogP contribution is 2.35. The molecule has 2 unspecified atom stereocenters. The van der Waals surface area contributed by atoms with Gasteiger partial charge in [0, 0.05) is 26.2 Å². The molecule has 0 aromatic rings. The zero-order valence-electron chi connectivity index (χ0n) is 12.8. The van der Waals surface area contributed by atoms with Gasteiger partial charge in [-0.25, -0.2) is 4.79 Å². The average molecular weight is 282 g/mol. The highest BCUT2D eigenvalue weighted by molar-refractivity contribution is 5.77. The number of carbonyl (C=O) groups excluding carboxylic acids is 1. The van der Waals surface area contributed by atoms with Gasteiger partial charge >= 0.3 is 12.0 Å². The molecule has 2 amide bonds. The van der Waals surface area contributed by atoms with Gasteiger partial charge in [-0.15, -0.1) is 0 Å². The molecule has 114 valence electrons. The summed E-state index contributed by atoms with van der Waals surface area (Å²) in [6.07, 6.45) is 1.79. The summed E-state index contributed by atoms with van der Waals surface area (Å²) >= 11 is 0. The number of carbonyl (C=O) groups is 2. The Kier molecular flexibility index (Phi) is 4.25. The first-order valence-corrected chi connectivity index (χ1v) is 7.67. The van der Waals surface area contributed by atoms with Gasteiger partial charge in [-0.05, 0) is 31.1 Å². The maximum atomic E-state index is 12.5. The lowest BCUT2D eigenvalue weighted by Crippen LogP contribution is -2.50. The van der Waals surface area contributed by atoms with Gasteiger partial charge in [0.05, 0.1) is 5.41 Å². The predicted molar refractivity (Wildman–Crippen MR) is 76.5 cm³/mol. The van der Waals surface area contributed by atoms with E-state index < -0.39 is 11.4 Å². The van der Waals surface area contributed by atoms with Crippen LogP contribution in [0.25, 0.3) is 0 Å². The summed E-state index contributed by atoms with van der Waals surface area (Å²) in [4.78, 5) is 27.6. The number of carboxylic acids is 1. The number of carboxylic acid groups (broad SMARTS) is 1. The summed E-state index contributed by atoms with van der Waals surface area (Å²) in [5.41, 5.74) is -0.623. The van der Waals surface area contributed by atoms with Gasteiger partial charge < -0.3 is 14.9 Å². The summed E-state index contributed by atoms with van der Waals surface area (Å²) in [7, 11) is 0. The van der Waals surface area contributed by atoms with E-state index in [0.29, 0.717) is 44.2 Å². The van der Waals surface area contributed by atoms with Crippen LogP contribution in [0.3, 0.4) is 0 Å². The fraction of sp³-hybridized carbons (Fsp3) is 0.867. The normalized spacial score (nSPS) is 29.6. The molecule has 2 saturated heterocycles. The molecule has 5 heteroatoms. The maximum Gasteiger partial charge on any atom is 0.320 e. The van der Waals surface area contributed by atoms with Crippen molar-refractivity contribution in [3.05, 3.63) is 0 Å². The fourth-order valence-corrected chi connectivity index (χ4v) is 3.33. The van der Waals surface area contributed by atoms with Crippen LogP contribution in [0.2, 0.25) is 0 Å². The summed E-state index contributed by atoms with van der Waals surface area (Å²) < 4.78 is 0. The smallest absolute Gasteiger partial charge is 0.320 e. The molecule has 2 aliphatic rings. The van der Waals surface area contributed by atoms with E-state index in [1.807, 2.05) is 16.7 Å². The summed E-state index contributed by atoms with van der Waals surface area (Å²) in [5.74, 6) is 0.394. The molecule has 0 radical (unpaired) electrons. The molecule has 2 fully saturated rings. The minimum absolute atomic E-state index is 0.0938. The molecular formula is C15H26N2O3. The molecule has 0 spiro atoms. The zero-order chi connectivity index (χ0) is 14.9. The van der Waals surface area contributed by atoms with Crippen molar-refractivity contribution in [1.82, 2.24) is 9.80 Å². The topological polar surface area (TPSA) is 60.9 Å². The van der Waals surface area contributed by atoms with Gasteiger partial charge in [-0.3, -0.25) is 4.79 Å². The van der Waals surface area contributed by atoms with E-state index in [2.05, 4.69) is 13.8 Å². The summed E-state index contributed by atoms with van der Waals surface area (Å²) in [6, 6.07) is 0.0938. The molecule has 2 heterocycles. The quantitative estimate of drug-likeness (QED) is 0.845. The number of hydrogen-bond acceptors (Lipinski definition) is 2. The number of hydrogen-bond donors (Lipinski definition) is 1. The lowest BCUT2D eigenvalue weighted by Gasteiger charge is -2.39. The van der Waals surface area contributed by atoms with E-state index in [1.165, 1.54) is 0 Å². The van der Waals surface area contributed by atoms with Crippen molar-refractivity contribution in [3.63, 3.8) is 0 Å². The van der Waals surface area contributed by atoms with Crippen molar-refractivity contribution in [2.45, 2.75) is 40.0 Å². The van der Waals surface area contributed by atoms with Gasteiger partial charge in [0.2, 0.25) is 0 Å². The number of likely N-dealkylation sites (tertiary alicyclic amines) is 2. The molecule has 2 aliphatic heterocycles. The van der Waals surface area contributed by atoms with E-state index in [4.69, 9.17) is 0 Å². The van der Waals surface area contributed by atoms with Gasteiger partial charge in [-0.2, -0.15) is 0 Å². The van der Waals surface area contributed by atoms with E-state index in [0.717, 1.165) is 13.1 Å². The van der Waals surface area contributed by atoms with Crippen LogP contribution in [-0.4, -0.2) is 53.1 Å². The second-order valence-corrected chi connectivity index (χ2v) is 6.57. The zero-order valence-corrected chi connectivity index (χ0v) is 12.8. The Morgan fingerprint density at radius 3 is 2.00 bits per heavy atom. The Hall–Kier alpha value is -1.26. The molecule has 5 nitrogen and oxygen atoms in total. The van der Waals surface area contributed by atoms with Crippen LogP contribution in [-0.2, 0) is 4.79 Å². The Morgan fingerprint density at radius 1 is 1.10 bits per heavy atom. The van der Waals surface area contributed by atoms with Crippen molar-refractivity contribution in [2.75, 3.05) is 26.2 Å². The molecule has 2 atom stereocenters. The number of urea groups is 1. The third-order valence-corrected chi connectivity index (χ3v) is 5.38. The van der Waals surface area contributed by atoms with Crippen molar-refractivity contribution in [1.29, 1.82) is 0 Å². The third-order valence-electron chi connectivity index (χ3n) is 5.38. The van der Waals surface area contributed by atoms with Crippen LogP contribution < -0.4 is 0 Å². The van der Waals surface area contributed by atoms with Gasteiger partial charge in [-0.1, -0.05) is 20.8 Å². The SMILES string of the molecule is CCC1(C(=O)O)CCN(C(=O)N2CC(C)C(C)C2)CC1. The molecule has 1 N–H and O–H groups in total. The lowest BCUT2D eigenvalue weighted by molar-refractivity contribution is -0.152. The number of amides is 2. The first-order chi connectivity index (χ1) is 9.39. The first-order valence-electron chi connectivity index (χ1n) is 7.67. The third kappa shape index (κ3) is 2.63. The van der Waals surface area contributed by atoms with Crippen molar-refractivity contribution in [2.24, 2.45) is 17.3 Å². The Morgan fingerprint density at radius 2 is 1.60 bits per heavy atom. The summed E-state index contributed by atoms with van der Waals surface area (Å²) in [6.45, 7) is 9.08. The fourth-order valence-electron chi connectivity index (χ4n) is 3.33. The van der Waals surface area contributed by atoms with Crippen LogP contribution in [0.5, 0.6) is 0 Å². The van der Waals surface area contributed by atoms with Gasteiger partial charge in [0.25, 0.3) is 0 Å². The van der Waals surface area contributed by atoms with Crippen LogP contribution in [0, 0.1) is 17.3 Å². The number of piperidine rings is 1. The molecule has 0 aliphatic carbocycles. The van der Waals surface area contributed by atoms with Crippen LogP contribution >= 0.6 is 0 Å². The van der Waals surface area contributed by atoms with Crippen LogP contribution in [0.1, 0.15) is 40.0 Å². The Balaban J connectivity index is 1.94. The standard InChI is InChI=1S/C15H26N2O3/c1-4-15(13(18)19)5-7-16(8-6-15)14(20)17-9-11(2)12(3)10-17/h11-12H,4-10H2,1-3H3,(H,18,19). The molecule has 0 aromatic carbocycles. The summed E-state index contributed by atoms with van der Waals surface area (Å²) in [5, 5.41) is 9.38. The predicted octanol–water partition coefficient (Wildman–Crippen LogP) is 2.27. The number of aliphatic carboxylic acids is 1. The minimum Gasteiger partial charge on any atom is -0.481 e. The van der Waals surface area contributed by atoms with E-state index in [-0.39, 0.29) is 6.03 Å². The van der Waals surface area contributed by atoms with Crippen molar-refractivity contribution in [3.8, 4) is 0 Å². The molecular weight excluding hydrogens is 256 g/mol. The highest BCUT2D eigenvalue weighted by atomic mass is 16.4.